The smallest absolute Gasteiger partial charge is 0.0754 e. The molecule has 0 aliphatic heterocycles. The molecule has 1 atom stereocenters. The van der Waals surface area contributed by atoms with E-state index in [1.165, 1.54) is 16.5 Å². The summed E-state index contributed by atoms with van der Waals surface area (Å²) >= 11 is 0. The number of anilines is 1. The van der Waals surface area contributed by atoms with Gasteiger partial charge in [-0.2, -0.15) is 0 Å². The Morgan fingerprint density at radius 2 is 1.86 bits per heavy atom. The molecule has 3 aromatic rings. The lowest BCUT2D eigenvalue weighted by atomic mass is 9.99. The van der Waals surface area contributed by atoms with E-state index in [0.29, 0.717) is 0 Å². The molecule has 1 heterocycles. The molecule has 0 aliphatic carbocycles. The van der Waals surface area contributed by atoms with Crippen LogP contribution in [0, 0.1) is 6.92 Å². The molecule has 110 valence electrons. The van der Waals surface area contributed by atoms with E-state index in [2.05, 4.69) is 72.3 Å². The Kier molecular flexibility index (Phi) is 4.19. The van der Waals surface area contributed by atoms with E-state index >= 15 is 0 Å². The van der Waals surface area contributed by atoms with Crippen molar-refractivity contribution >= 4 is 16.6 Å². The molecule has 0 radical (unpaired) electrons. The Labute approximate surface area is 131 Å². The molecule has 22 heavy (non-hydrogen) atoms. The van der Waals surface area contributed by atoms with Gasteiger partial charge in [0.1, 0.15) is 0 Å². The fourth-order valence-corrected chi connectivity index (χ4v) is 2.69. The molecule has 3 rings (SSSR count). The van der Waals surface area contributed by atoms with Crippen LogP contribution >= 0.6 is 0 Å². The van der Waals surface area contributed by atoms with Crippen LogP contribution in [0.15, 0.2) is 73.4 Å². The van der Waals surface area contributed by atoms with Gasteiger partial charge in [-0.3, -0.25) is 4.98 Å². The van der Waals surface area contributed by atoms with E-state index in [1.54, 1.807) is 0 Å². The molecule has 0 amide bonds. The Bertz CT molecular complexity index is 770. The first kappa shape index (κ1) is 14.3. The van der Waals surface area contributed by atoms with Crippen molar-refractivity contribution in [3.63, 3.8) is 0 Å². The fourth-order valence-electron chi connectivity index (χ4n) is 2.69. The van der Waals surface area contributed by atoms with Gasteiger partial charge in [0.05, 0.1) is 11.6 Å². The van der Waals surface area contributed by atoms with E-state index in [9.17, 15) is 0 Å². The zero-order valence-electron chi connectivity index (χ0n) is 12.8. The molecule has 2 heteroatoms. The lowest BCUT2D eigenvalue weighted by Crippen LogP contribution is -2.11. The van der Waals surface area contributed by atoms with Crippen molar-refractivity contribution < 1.29 is 0 Å². The fraction of sp³-hybridized carbons (Fsp3) is 0.150. The maximum atomic E-state index is 4.57. The van der Waals surface area contributed by atoms with Crippen molar-refractivity contribution in [1.82, 2.24) is 4.98 Å². The van der Waals surface area contributed by atoms with E-state index in [4.69, 9.17) is 0 Å². The van der Waals surface area contributed by atoms with Crippen LogP contribution in [-0.2, 0) is 0 Å². The highest BCUT2D eigenvalue weighted by atomic mass is 14.9. The van der Waals surface area contributed by atoms with Crippen LogP contribution in [0.2, 0.25) is 0 Å². The molecule has 2 nitrogen and oxygen atoms in total. The number of rotatable bonds is 5. The van der Waals surface area contributed by atoms with Gasteiger partial charge in [-0.1, -0.05) is 48.0 Å². The van der Waals surface area contributed by atoms with Crippen LogP contribution in [-0.4, -0.2) is 4.98 Å². The average Bonchev–Trinajstić information content (AvgIpc) is 2.56. The number of hydrogen-bond donors (Lipinski definition) is 1. The van der Waals surface area contributed by atoms with Crippen LogP contribution in [0.25, 0.3) is 10.9 Å². The number of aromatic nitrogens is 1. The highest BCUT2D eigenvalue weighted by Gasteiger charge is 2.13. The van der Waals surface area contributed by atoms with Crippen molar-refractivity contribution in [2.75, 3.05) is 5.32 Å². The number of pyridine rings is 1. The second-order valence-electron chi connectivity index (χ2n) is 5.51. The molecule has 0 aliphatic rings. The highest BCUT2D eigenvalue weighted by Crippen LogP contribution is 2.28. The number of aryl methyl sites for hydroxylation is 1. The number of nitrogens with zero attached hydrogens (tertiary/aromatic N) is 1. The summed E-state index contributed by atoms with van der Waals surface area (Å²) in [4.78, 5) is 4.57. The minimum atomic E-state index is 0.166. The Morgan fingerprint density at radius 1 is 1.09 bits per heavy atom. The Morgan fingerprint density at radius 3 is 2.64 bits per heavy atom. The van der Waals surface area contributed by atoms with Crippen molar-refractivity contribution in [1.29, 1.82) is 0 Å². The minimum absolute atomic E-state index is 0.166. The summed E-state index contributed by atoms with van der Waals surface area (Å²) in [6.45, 7) is 6.00. The number of para-hydroxylation sites is 1. The zero-order valence-corrected chi connectivity index (χ0v) is 12.8. The molecule has 2 aromatic carbocycles. The summed E-state index contributed by atoms with van der Waals surface area (Å²) in [5.41, 5.74) is 4.64. The lowest BCUT2D eigenvalue weighted by molar-refractivity contribution is 0.804. The van der Waals surface area contributed by atoms with Gasteiger partial charge >= 0.3 is 0 Å². The van der Waals surface area contributed by atoms with E-state index < -0.39 is 0 Å². The summed E-state index contributed by atoms with van der Waals surface area (Å²) in [5, 5.41) is 4.77. The first-order valence-electron chi connectivity index (χ1n) is 7.55. The second-order valence-corrected chi connectivity index (χ2v) is 5.51. The maximum absolute atomic E-state index is 4.57. The number of nitrogens with one attached hydrogen (secondary N) is 1. The number of hydrogen-bond acceptors (Lipinski definition) is 2. The molecule has 0 bridgehead atoms. The van der Waals surface area contributed by atoms with Crippen LogP contribution in [0.4, 0.5) is 5.69 Å². The average molecular weight is 288 g/mol. The summed E-state index contributed by atoms with van der Waals surface area (Å²) in [6, 6.07) is 19.0. The third-order valence-corrected chi connectivity index (χ3v) is 3.83. The summed E-state index contributed by atoms with van der Waals surface area (Å²) in [6.07, 6.45) is 4.65. The molecule has 1 N–H and O–H groups in total. The molecular weight excluding hydrogens is 268 g/mol. The van der Waals surface area contributed by atoms with E-state index in [0.717, 1.165) is 17.6 Å². The van der Waals surface area contributed by atoms with E-state index in [-0.39, 0.29) is 6.04 Å². The summed E-state index contributed by atoms with van der Waals surface area (Å²) in [5.74, 6) is 0. The van der Waals surface area contributed by atoms with Crippen LogP contribution in [0.5, 0.6) is 0 Å². The van der Waals surface area contributed by atoms with Gasteiger partial charge in [0.15, 0.2) is 0 Å². The predicted molar refractivity (Wildman–Crippen MR) is 94.1 cm³/mol. The molecule has 0 saturated carbocycles. The topological polar surface area (TPSA) is 24.9 Å². The SMILES string of the molecule is C=CCC(Nc1ccc(C)cc1)c1cccc2cccnc12. The predicted octanol–water partition coefficient (Wildman–Crippen LogP) is 5.27. The molecule has 0 spiro atoms. The van der Waals surface area contributed by atoms with E-state index in [1.807, 2.05) is 18.3 Å². The molecule has 0 saturated heterocycles. The number of fused-ring (bicyclic) bond motifs is 1. The van der Waals surface area contributed by atoms with Crippen molar-refractivity contribution in [3.8, 4) is 0 Å². The highest BCUT2D eigenvalue weighted by molar-refractivity contribution is 5.82. The molecular formula is C20H20N2. The van der Waals surface area contributed by atoms with Gasteiger partial charge in [0.25, 0.3) is 0 Å². The third-order valence-electron chi connectivity index (χ3n) is 3.83. The van der Waals surface area contributed by atoms with Gasteiger partial charge in [-0.15, -0.1) is 6.58 Å². The molecule has 1 aromatic heterocycles. The minimum Gasteiger partial charge on any atom is -0.378 e. The second kappa shape index (κ2) is 6.44. The van der Waals surface area contributed by atoms with Crippen LogP contribution in [0.1, 0.15) is 23.6 Å². The normalized spacial score (nSPS) is 12.0. The first-order chi connectivity index (χ1) is 10.8. The van der Waals surface area contributed by atoms with Crippen molar-refractivity contribution in [2.24, 2.45) is 0 Å². The van der Waals surface area contributed by atoms with Gasteiger partial charge in [-0.25, -0.2) is 0 Å². The third kappa shape index (κ3) is 3.01. The van der Waals surface area contributed by atoms with Gasteiger partial charge in [-0.05, 0) is 31.5 Å². The quantitative estimate of drug-likeness (QED) is 0.647. The summed E-state index contributed by atoms with van der Waals surface area (Å²) < 4.78 is 0. The van der Waals surface area contributed by atoms with Crippen LogP contribution in [0.3, 0.4) is 0 Å². The zero-order chi connectivity index (χ0) is 15.4. The van der Waals surface area contributed by atoms with Crippen molar-refractivity contribution in [2.45, 2.75) is 19.4 Å². The largest absolute Gasteiger partial charge is 0.378 e. The standard InChI is InChI=1S/C20H20N2/c1-3-6-19(22-17-12-10-15(2)11-13-17)18-9-4-7-16-8-5-14-21-20(16)18/h3-5,7-14,19,22H,1,6H2,2H3. The Hall–Kier alpha value is -2.61. The Balaban J connectivity index is 1.99. The monoisotopic (exact) mass is 288 g/mol. The molecule has 0 fully saturated rings. The molecule has 1 unspecified atom stereocenters. The van der Waals surface area contributed by atoms with Crippen LogP contribution < -0.4 is 5.32 Å². The van der Waals surface area contributed by atoms with Gasteiger partial charge in [0, 0.05) is 22.8 Å². The van der Waals surface area contributed by atoms with Gasteiger partial charge in [0.2, 0.25) is 0 Å². The first-order valence-corrected chi connectivity index (χ1v) is 7.55. The van der Waals surface area contributed by atoms with Crippen molar-refractivity contribution in [3.05, 3.63) is 84.6 Å². The lowest BCUT2D eigenvalue weighted by Gasteiger charge is -2.20. The van der Waals surface area contributed by atoms with Gasteiger partial charge < -0.3 is 5.32 Å². The summed E-state index contributed by atoms with van der Waals surface area (Å²) in [7, 11) is 0. The maximum Gasteiger partial charge on any atom is 0.0754 e. The number of benzene rings is 2.